The van der Waals surface area contributed by atoms with E-state index in [0.29, 0.717) is 27.8 Å². The van der Waals surface area contributed by atoms with Crippen LogP contribution in [0.15, 0.2) is 58.4 Å². The minimum Gasteiger partial charge on any atom is -0.493 e. The van der Waals surface area contributed by atoms with Crippen LogP contribution in [0.25, 0.3) is 0 Å². The molecule has 1 atom stereocenters. The lowest BCUT2D eigenvalue weighted by Gasteiger charge is -2.19. The molecule has 2 aromatic carbocycles. The third-order valence-corrected chi connectivity index (χ3v) is 6.76. The van der Waals surface area contributed by atoms with Crippen LogP contribution in [0.3, 0.4) is 0 Å². The maximum Gasteiger partial charge on any atom is 0.275 e. The van der Waals surface area contributed by atoms with Crippen LogP contribution in [0.5, 0.6) is 11.5 Å². The van der Waals surface area contributed by atoms with E-state index >= 15 is 0 Å². The summed E-state index contributed by atoms with van der Waals surface area (Å²) < 4.78 is 13.1. The fourth-order valence-electron chi connectivity index (χ4n) is 3.69. The van der Waals surface area contributed by atoms with Crippen molar-refractivity contribution in [3.05, 3.63) is 75.6 Å². The Hall–Kier alpha value is -3.39. The number of nitrogens with one attached hydrogen (secondary N) is 1. The van der Waals surface area contributed by atoms with Gasteiger partial charge in [-0.3, -0.25) is 14.2 Å². The van der Waals surface area contributed by atoms with Gasteiger partial charge in [0.2, 0.25) is 5.91 Å². The molecule has 0 bridgehead atoms. The number of rotatable bonds is 6. The van der Waals surface area contributed by atoms with E-state index in [1.807, 2.05) is 50.2 Å². The molecule has 8 heteroatoms. The van der Waals surface area contributed by atoms with Gasteiger partial charge in [-0.2, -0.15) is 0 Å². The number of aromatic nitrogens is 1. The van der Waals surface area contributed by atoms with Gasteiger partial charge in [0.25, 0.3) is 5.56 Å². The van der Waals surface area contributed by atoms with Crippen molar-refractivity contribution in [1.29, 1.82) is 0 Å². The van der Waals surface area contributed by atoms with Crippen LogP contribution in [0.4, 0.5) is 11.4 Å². The Balaban J connectivity index is 1.66. The smallest absolute Gasteiger partial charge is 0.275 e. The van der Waals surface area contributed by atoms with E-state index in [1.165, 1.54) is 23.4 Å². The van der Waals surface area contributed by atoms with Crippen molar-refractivity contribution in [3.63, 3.8) is 0 Å². The van der Waals surface area contributed by atoms with Crippen molar-refractivity contribution in [2.24, 2.45) is 0 Å². The zero-order chi connectivity index (χ0) is 22.8. The van der Waals surface area contributed by atoms with Crippen LogP contribution in [0.2, 0.25) is 0 Å². The number of para-hydroxylation sites is 1. The monoisotopic (exact) mass is 451 g/mol. The highest BCUT2D eigenvalue weighted by molar-refractivity contribution is 7.99. The van der Waals surface area contributed by atoms with Crippen molar-refractivity contribution < 1.29 is 14.3 Å². The molecule has 32 heavy (non-hydrogen) atoms. The highest BCUT2D eigenvalue weighted by atomic mass is 32.2. The van der Waals surface area contributed by atoms with Gasteiger partial charge in [-0.15, -0.1) is 11.8 Å². The van der Waals surface area contributed by atoms with Gasteiger partial charge in [0.05, 0.1) is 12.7 Å². The number of methoxy groups -OCH3 is 1. The minimum absolute atomic E-state index is 0.0240. The summed E-state index contributed by atoms with van der Waals surface area (Å²) in [7, 11) is 1.53. The first-order valence-electron chi connectivity index (χ1n) is 10.2. The first-order chi connectivity index (χ1) is 15.4. The number of carbonyl (C=O) groups is 1. The standard InChI is InChI=1S/C24H25N3O4S/c1-14-8-7-11-19(15(14)2)31-12-17-20(25)23(29)27-18(13-32-24(27)21(17)30-3)22(28)26-16-9-5-4-6-10-16/h4-11,18H,12-13,25H2,1-3H3,(H,26,28)/t18-/m0/s1. The summed E-state index contributed by atoms with van der Waals surface area (Å²) in [6, 6.07) is 14.3. The topological polar surface area (TPSA) is 95.6 Å². The molecular weight excluding hydrogens is 426 g/mol. The summed E-state index contributed by atoms with van der Waals surface area (Å²) in [5.41, 5.74) is 9.14. The molecule has 0 saturated carbocycles. The number of fused-ring (bicyclic) bond motifs is 1. The summed E-state index contributed by atoms with van der Waals surface area (Å²) >= 11 is 1.40. The van der Waals surface area contributed by atoms with Crippen LogP contribution < -0.4 is 26.1 Å². The van der Waals surface area contributed by atoms with Crippen LogP contribution in [-0.4, -0.2) is 23.3 Å². The first kappa shape index (κ1) is 21.8. The number of nitrogens with zero attached hydrogens (tertiary/aromatic N) is 1. The second-order valence-electron chi connectivity index (χ2n) is 7.57. The summed E-state index contributed by atoms with van der Waals surface area (Å²) in [6.07, 6.45) is 0. The Bertz CT molecular complexity index is 1220. The maximum absolute atomic E-state index is 13.2. The molecule has 1 amide bonds. The number of benzene rings is 2. The fraction of sp³-hybridized carbons (Fsp3) is 0.250. The average Bonchev–Trinajstić information content (AvgIpc) is 3.24. The lowest BCUT2D eigenvalue weighted by Crippen LogP contribution is -2.34. The number of hydrogen-bond acceptors (Lipinski definition) is 6. The maximum atomic E-state index is 13.2. The van der Waals surface area contributed by atoms with Crippen LogP contribution in [-0.2, 0) is 11.4 Å². The number of ether oxygens (including phenoxy) is 2. The van der Waals surface area contributed by atoms with Gasteiger partial charge >= 0.3 is 0 Å². The quantitative estimate of drug-likeness (QED) is 0.590. The number of thioether (sulfide) groups is 1. The molecule has 3 N–H and O–H groups in total. The molecule has 0 spiro atoms. The van der Waals surface area contributed by atoms with E-state index in [2.05, 4.69) is 5.32 Å². The zero-order valence-electron chi connectivity index (χ0n) is 18.2. The van der Waals surface area contributed by atoms with Crippen LogP contribution in [0, 0.1) is 13.8 Å². The molecule has 3 aromatic rings. The van der Waals surface area contributed by atoms with Gasteiger partial charge in [-0.25, -0.2) is 0 Å². The number of pyridine rings is 1. The number of nitrogen functional groups attached to an aromatic ring is 1. The van der Waals surface area contributed by atoms with Crippen molar-refractivity contribution in [2.45, 2.75) is 31.5 Å². The number of hydrogen-bond donors (Lipinski definition) is 2. The predicted octanol–water partition coefficient (Wildman–Crippen LogP) is 3.92. The fourth-order valence-corrected chi connectivity index (χ4v) is 4.99. The summed E-state index contributed by atoms with van der Waals surface area (Å²) in [4.78, 5) is 26.1. The molecule has 1 aliphatic heterocycles. The summed E-state index contributed by atoms with van der Waals surface area (Å²) in [6.45, 7) is 4.08. The molecule has 166 valence electrons. The van der Waals surface area contributed by atoms with Crippen molar-refractivity contribution in [1.82, 2.24) is 4.57 Å². The van der Waals surface area contributed by atoms with Crippen LogP contribution in [0.1, 0.15) is 22.7 Å². The van der Waals surface area contributed by atoms with Gasteiger partial charge in [0, 0.05) is 11.4 Å². The number of amides is 1. The number of anilines is 2. The van der Waals surface area contributed by atoms with Gasteiger partial charge in [0.15, 0.2) is 5.75 Å². The van der Waals surface area contributed by atoms with Crippen LogP contribution >= 0.6 is 11.8 Å². The number of aryl methyl sites for hydroxylation is 1. The average molecular weight is 452 g/mol. The van der Waals surface area contributed by atoms with Gasteiger partial charge in [-0.1, -0.05) is 30.3 Å². The molecule has 0 unspecified atom stereocenters. The SMILES string of the molecule is COc1c(COc2cccc(C)c2C)c(N)c(=O)n2c1SC[C@H]2C(=O)Nc1ccccc1. The summed E-state index contributed by atoms with van der Waals surface area (Å²) in [5, 5.41) is 3.45. The molecule has 7 nitrogen and oxygen atoms in total. The molecule has 1 aliphatic rings. The predicted molar refractivity (Wildman–Crippen MR) is 127 cm³/mol. The first-order valence-corrected chi connectivity index (χ1v) is 11.2. The zero-order valence-corrected chi connectivity index (χ0v) is 19.0. The highest BCUT2D eigenvalue weighted by Gasteiger charge is 2.35. The minimum atomic E-state index is -0.687. The van der Waals surface area contributed by atoms with E-state index in [4.69, 9.17) is 15.2 Å². The van der Waals surface area contributed by atoms with Crippen molar-refractivity contribution in [2.75, 3.05) is 23.9 Å². The molecule has 0 saturated heterocycles. The van der Waals surface area contributed by atoms with E-state index in [0.717, 1.165) is 16.9 Å². The number of nitrogens with two attached hydrogens (primary N) is 1. The highest BCUT2D eigenvalue weighted by Crippen LogP contribution is 2.42. The second kappa shape index (κ2) is 9.00. The normalized spacial score (nSPS) is 14.7. The molecule has 1 aromatic heterocycles. The Morgan fingerprint density at radius 2 is 1.94 bits per heavy atom. The Labute approximate surface area is 190 Å². The lowest BCUT2D eigenvalue weighted by atomic mass is 10.1. The third-order valence-electron chi connectivity index (χ3n) is 5.63. The second-order valence-corrected chi connectivity index (χ2v) is 8.58. The molecular formula is C24H25N3O4S. The molecule has 2 heterocycles. The molecule has 0 radical (unpaired) electrons. The number of carbonyl (C=O) groups excluding carboxylic acids is 1. The molecule has 4 rings (SSSR count). The van der Waals surface area contributed by atoms with Crippen molar-refractivity contribution >= 4 is 29.0 Å². The van der Waals surface area contributed by atoms with E-state index in [9.17, 15) is 9.59 Å². The van der Waals surface area contributed by atoms with Gasteiger partial charge < -0.3 is 20.5 Å². The van der Waals surface area contributed by atoms with Gasteiger partial charge in [0.1, 0.15) is 29.1 Å². The Morgan fingerprint density at radius 1 is 1.19 bits per heavy atom. The lowest BCUT2D eigenvalue weighted by molar-refractivity contribution is -0.118. The third kappa shape index (κ3) is 3.93. The van der Waals surface area contributed by atoms with Gasteiger partial charge in [-0.05, 0) is 43.2 Å². The van der Waals surface area contributed by atoms with E-state index in [-0.39, 0.29) is 18.2 Å². The molecule has 0 fully saturated rings. The van der Waals surface area contributed by atoms with Crippen molar-refractivity contribution in [3.8, 4) is 11.5 Å². The Kier molecular flexibility index (Phi) is 6.14. The summed E-state index contributed by atoms with van der Waals surface area (Å²) in [5.74, 6) is 1.32. The largest absolute Gasteiger partial charge is 0.493 e. The molecule has 0 aliphatic carbocycles. The van der Waals surface area contributed by atoms with E-state index in [1.54, 1.807) is 12.1 Å². The Morgan fingerprint density at radius 3 is 2.66 bits per heavy atom. The van der Waals surface area contributed by atoms with E-state index < -0.39 is 11.6 Å².